The number of ether oxygens (including phenoxy) is 3. The summed E-state index contributed by atoms with van der Waals surface area (Å²) in [4.78, 5) is 0. The highest BCUT2D eigenvalue weighted by Crippen LogP contribution is 2.40. The maximum atomic E-state index is 6.30. The third-order valence-corrected chi connectivity index (χ3v) is 3.20. The predicted octanol–water partition coefficient (Wildman–Crippen LogP) is 2.76. The van der Waals surface area contributed by atoms with Crippen LogP contribution in [0.15, 0.2) is 42.5 Å². The molecule has 0 amide bonds. The van der Waals surface area contributed by atoms with Crippen molar-refractivity contribution in [1.29, 1.82) is 0 Å². The van der Waals surface area contributed by atoms with Gasteiger partial charge in [-0.25, -0.2) is 0 Å². The molecule has 20 heavy (non-hydrogen) atoms. The number of hydrogen-bond donors (Lipinski definition) is 1. The van der Waals surface area contributed by atoms with Gasteiger partial charge in [-0.2, -0.15) is 0 Å². The summed E-state index contributed by atoms with van der Waals surface area (Å²) in [6.45, 7) is 0. The van der Waals surface area contributed by atoms with Crippen LogP contribution in [0.3, 0.4) is 0 Å². The largest absolute Gasteiger partial charge is 0.493 e. The smallest absolute Gasteiger partial charge is 0.203 e. The summed E-state index contributed by atoms with van der Waals surface area (Å²) in [5.74, 6) is 1.78. The topological polar surface area (TPSA) is 53.7 Å². The molecule has 2 N–H and O–H groups in total. The summed E-state index contributed by atoms with van der Waals surface area (Å²) < 4.78 is 16.0. The molecule has 0 aliphatic carbocycles. The van der Waals surface area contributed by atoms with E-state index < -0.39 is 0 Å². The molecule has 0 aliphatic rings. The summed E-state index contributed by atoms with van der Waals surface area (Å²) in [7, 11) is 4.77. The molecule has 4 heteroatoms. The first-order valence-electron chi connectivity index (χ1n) is 6.31. The Morgan fingerprint density at radius 2 is 1.35 bits per heavy atom. The Morgan fingerprint density at radius 3 is 1.80 bits per heavy atom. The van der Waals surface area contributed by atoms with Crippen molar-refractivity contribution >= 4 is 0 Å². The molecule has 0 saturated carbocycles. The van der Waals surface area contributed by atoms with Crippen molar-refractivity contribution in [1.82, 2.24) is 0 Å². The monoisotopic (exact) mass is 273 g/mol. The molecule has 0 bridgehead atoms. The molecule has 2 aromatic carbocycles. The van der Waals surface area contributed by atoms with Crippen LogP contribution in [0.1, 0.15) is 17.2 Å². The van der Waals surface area contributed by atoms with Gasteiger partial charge in [-0.05, 0) is 23.3 Å². The molecule has 0 aromatic heterocycles. The molecule has 0 aliphatic heterocycles. The van der Waals surface area contributed by atoms with Crippen molar-refractivity contribution in [2.45, 2.75) is 6.04 Å². The first-order valence-corrected chi connectivity index (χ1v) is 6.31. The highest BCUT2D eigenvalue weighted by Gasteiger charge is 2.17. The molecule has 1 atom stereocenters. The van der Waals surface area contributed by atoms with Gasteiger partial charge in [0, 0.05) is 0 Å². The van der Waals surface area contributed by atoms with E-state index in [0.717, 1.165) is 11.1 Å². The predicted molar refractivity (Wildman–Crippen MR) is 78.6 cm³/mol. The molecule has 2 rings (SSSR count). The molecule has 4 nitrogen and oxygen atoms in total. The number of methoxy groups -OCH3 is 3. The quantitative estimate of drug-likeness (QED) is 0.910. The van der Waals surface area contributed by atoms with Crippen molar-refractivity contribution in [2.75, 3.05) is 21.3 Å². The Kier molecular flexibility index (Phi) is 4.48. The SMILES string of the molecule is COc1cc(C(N)c2ccccc2)cc(OC)c1OC. The van der Waals surface area contributed by atoms with E-state index in [4.69, 9.17) is 19.9 Å². The first-order chi connectivity index (χ1) is 9.71. The lowest BCUT2D eigenvalue weighted by atomic mass is 9.99. The van der Waals surface area contributed by atoms with E-state index >= 15 is 0 Å². The minimum atomic E-state index is -0.245. The Balaban J connectivity index is 2.47. The molecule has 0 spiro atoms. The molecule has 106 valence electrons. The van der Waals surface area contributed by atoms with E-state index in [-0.39, 0.29) is 6.04 Å². The van der Waals surface area contributed by atoms with Crippen LogP contribution in [0.4, 0.5) is 0 Å². The zero-order chi connectivity index (χ0) is 14.5. The van der Waals surface area contributed by atoms with Crippen LogP contribution in [0, 0.1) is 0 Å². The summed E-state index contributed by atoms with van der Waals surface area (Å²) in [6.07, 6.45) is 0. The van der Waals surface area contributed by atoms with Gasteiger partial charge < -0.3 is 19.9 Å². The molecule has 0 fully saturated rings. The van der Waals surface area contributed by atoms with E-state index in [1.807, 2.05) is 42.5 Å². The molecule has 0 heterocycles. The minimum Gasteiger partial charge on any atom is -0.493 e. The van der Waals surface area contributed by atoms with Gasteiger partial charge in [0.1, 0.15) is 0 Å². The van der Waals surface area contributed by atoms with Crippen LogP contribution < -0.4 is 19.9 Å². The van der Waals surface area contributed by atoms with Crippen molar-refractivity contribution in [2.24, 2.45) is 5.73 Å². The third-order valence-electron chi connectivity index (χ3n) is 3.20. The first kappa shape index (κ1) is 14.2. The van der Waals surface area contributed by atoms with E-state index in [0.29, 0.717) is 17.2 Å². The number of benzene rings is 2. The average molecular weight is 273 g/mol. The minimum absolute atomic E-state index is 0.245. The van der Waals surface area contributed by atoms with E-state index in [1.54, 1.807) is 21.3 Å². The molecular weight excluding hydrogens is 254 g/mol. The van der Waals surface area contributed by atoms with Gasteiger partial charge in [-0.1, -0.05) is 30.3 Å². The van der Waals surface area contributed by atoms with Gasteiger partial charge in [-0.15, -0.1) is 0 Å². The van der Waals surface area contributed by atoms with Crippen LogP contribution >= 0.6 is 0 Å². The van der Waals surface area contributed by atoms with Crippen molar-refractivity contribution in [3.63, 3.8) is 0 Å². The van der Waals surface area contributed by atoms with Gasteiger partial charge in [0.05, 0.1) is 27.4 Å². The summed E-state index contributed by atoms with van der Waals surface area (Å²) in [6, 6.07) is 13.4. The normalized spacial score (nSPS) is 11.8. The number of nitrogens with two attached hydrogens (primary N) is 1. The number of rotatable bonds is 5. The standard InChI is InChI=1S/C16H19NO3/c1-18-13-9-12(10-14(19-2)16(13)20-3)15(17)11-7-5-4-6-8-11/h4-10,15H,17H2,1-3H3. The summed E-state index contributed by atoms with van der Waals surface area (Å²) >= 11 is 0. The molecule has 0 saturated heterocycles. The van der Waals surface area contributed by atoms with Gasteiger partial charge >= 0.3 is 0 Å². The Hall–Kier alpha value is -2.20. The Labute approximate surface area is 119 Å². The summed E-state index contributed by atoms with van der Waals surface area (Å²) in [5, 5.41) is 0. The highest BCUT2D eigenvalue weighted by atomic mass is 16.5. The van der Waals surface area contributed by atoms with Crippen LogP contribution in [0.2, 0.25) is 0 Å². The van der Waals surface area contributed by atoms with Crippen LogP contribution in [0.25, 0.3) is 0 Å². The van der Waals surface area contributed by atoms with E-state index in [1.165, 1.54) is 0 Å². The van der Waals surface area contributed by atoms with Crippen LogP contribution in [-0.2, 0) is 0 Å². The lowest BCUT2D eigenvalue weighted by molar-refractivity contribution is 0.323. The second-order valence-corrected chi connectivity index (χ2v) is 4.35. The van der Waals surface area contributed by atoms with Crippen molar-refractivity contribution in [3.05, 3.63) is 53.6 Å². The average Bonchev–Trinajstić information content (AvgIpc) is 2.53. The fourth-order valence-corrected chi connectivity index (χ4v) is 2.13. The fourth-order valence-electron chi connectivity index (χ4n) is 2.13. The van der Waals surface area contributed by atoms with Crippen LogP contribution in [0.5, 0.6) is 17.2 Å². The molecule has 1 unspecified atom stereocenters. The molecular formula is C16H19NO3. The lowest BCUT2D eigenvalue weighted by Gasteiger charge is -2.18. The lowest BCUT2D eigenvalue weighted by Crippen LogP contribution is -2.12. The van der Waals surface area contributed by atoms with Crippen molar-refractivity contribution in [3.8, 4) is 17.2 Å². The Morgan fingerprint density at radius 1 is 0.800 bits per heavy atom. The van der Waals surface area contributed by atoms with E-state index in [2.05, 4.69) is 0 Å². The maximum Gasteiger partial charge on any atom is 0.203 e. The van der Waals surface area contributed by atoms with E-state index in [9.17, 15) is 0 Å². The second-order valence-electron chi connectivity index (χ2n) is 4.35. The zero-order valence-corrected chi connectivity index (χ0v) is 11.9. The maximum absolute atomic E-state index is 6.30. The molecule has 0 radical (unpaired) electrons. The highest BCUT2D eigenvalue weighted by molar-refractivity contribution is 5.55. The second kappa shape index (κ2) is 6.30. The zero-order valence-electron chi connectivity index (χ0n) is 11.9. The number of hydrogen-bond acceptors (Lipinski definition) is 4. The molecule has 2 aromatic rings. The van der Waals surface area contributed by atoms with Gasteiger partial charge in [0.15, 0.2) is 11.5 Å². The van der Waals surface area contributed by atoms with Gasteiger partial charge in [-0.3, -0.25) is 0 Å². The van der Waals surface area contributed by atoms with Crippen molar-refractivity contribution < 1.29 is 14.2 Å². The fraction of sp³-hybridized carbons (Fsp3) is 0.250. The third kappa shape index (κ3) is 2.70. The van der Waals surface area contributed by atoms with Gasteiger partial charge in [0.2, 0.25) is 5.75 Å². The Bertz CT molecular complexity index is 544. The summed E-state index contributed by atoms with van der Waals surface area (Å²) in [5.41, 5.74) is 8.24. The van der Waals surface area contributed by atoms with Gasteiger partial charge in [0.25, 0.3) is 0 Å². The van der Waals surface area contributed by atoms with Crippen LogP contribution in [-0.4, -0.2) is 21.3 Å².